The lowest BCUT2D eigenvalue weighted by molar-refractivity contribution is -0.143. The Kier molecular flexibility index (Phi) is 16.1. The second-order valence-corrected chi connectivity index (χ2v) is 16.9. The lowest BCUT2D eigenvalue weighted by Gasteiger charge is -2.33. The molecule has 63 heavy (non-hydrogen) atoms. The molecule has 338 valence electrons. The van der Waals surface area contributed by atoms with E-state index in [1.807, 2.05) is 30.3 Å². The maximum Gasteiger partial charge on any atom is 0.312 e. The van der Waals surface area contributed by atoms with Crippen LogP contribution < -0.4 is 43.0 Å². The van der Waals surface area contributed by atoms with Crippen LogP contribution in [0.5, 0.6) is 0 Å². The average Bonchev–Trinajstić information content (AvgIpc) is 3.93. The molecule has 6 atom stereocenters. The largest absolute Gasteiger partial charge is 0.361 e. The molecule has 2 saturated heterocycles. The number of benzene rings is 2. The van der Waals surface area contributed by atoms with Gasteiger partial charge in [0.2, 0.25) is 41.4 Å². The molecule has 3 aliphatic rings. The Hall–Kier alpha value is -6.46. The SMILES string of the molecule is CC(=O)N[C@@H](Cc1ccccc1)C(=O)NC1CNC(=O)[C@H](CCCNC(N)=O)NC(=O)[C@H](Cc2c[nH]c3ccccc23)NC(=O)[C@@H](CC2CCCCC2)NC(=O)C2CCCN2C1=O. The molecule has 1 aromatic heterocycles. The topological polar surface area (TPSA) is 266 Å². The smallest absolute Gasteiger partial charge is 0.312 e. The molecule has 3 aromatic rings. The van der Waals surface area contributed by atoms with Gasteiger partial charge in [-0.15, -0.1) is 0 Å². The van der Waals surface area contributed by atoms with Crippen molar-refractivity contribution in [3.8, 4) is 0 Å². The van der Waals surface area contributed by atoms with Crippen LogP contribution in [0.2, 0.25) is 0 Å². The summed E-state index contributed by atoms with van der Waals surface area (Å²) in [5, 5.41) is 20.1. The number of carbonyl (C=O) groups excluding carboxylic acids is 8. The summed E-state index contributed by atoms with van der Waals surface area (Å²) in [6.45, 7) is 1.11. The van der Waals surface area contributed by atoms with Gasteiger partial charge in [0.05, 0.1) is 0 Å². The molecule has 10 N–H and O–H groups in total. The summed E-state index contributed by atoms with van der Waals surface area (Å²) in [7, 11) is 0. The Bertz CT molecular complexity index is 2120. The molecule has 0 spiro atoms. The summed E-state index contributed by atoms with van der Waals surface area (Å²) in [6, 6.07) is 8.82. The Balaban J connectivity index is 1.34. The molecule has 2 aliphatic heterocycles. The fourth-order valence-electron chi connectivity index (χ4n) is 8.92. The molecule has 2 unspecified atom stereocenters. The number of nitrogens with two attached hydrogens (primary N) is 1. The minimum Gasteiger partial charge on any atom is -0.361 e. The number of H-pyrrole nitrogens is 1. The number of urea groups is 1. The van der Waals surface area contributed by atoms with E-state index in [9.17, 15) is 38.4 Å². The van der Waals surface area contributed by atoms with E-state index in [0.717, 1.165) is 54.1 Å². The molecule has 6 rings (SSSR count). The van der Waals surface area contributed by atoms with Crippen molar-refractivity contribution in [1.29, 1.82) is 0 Å². The number of hydrogen-bond acceptors (Lipinski definition) is 8. The number of rotatable bonds is 13. The number of aromatic amines is 1. The molecule has 2 aromatic carbocycles. The predicted octanol–water partition coefficient (Wildman–Crippen LogP) is 0.937. The first-order valence-corrected chi connectivity index (χ1v) is 22.0. The van der Waals surface area contributed by atoms with Gasteiger partial charge in [0.15, 0.2) is 0 Å². The van der Waals surface area contributed by atoms with Crippen LogP contribution in [-0.2, 0) is 46.4 Å². The van der Waals surface area contributed by atoms with Gasteiger partial charge in [0.1, 0.15) is 36.3 Å². The third kappa shape index (κ3) is 12.8. The highest BCUT2D eigenvalue weighted by Gasteiger charge is 2.41. The van der Waals surface area contributed by atoms with Crippen molar-refractivity contribution in [2.24, 2.45) is 11.7 Å². The number of fused-ring (bicyclic) bond motifs is 2. The van der Waals surface area contributed by atoms with Gasteiger partial charge in [0, 0.05) is 56.5 Å². The van der Waals surface area contributed by atoms with Crippen LogP contribution in [0.3, 0.4) is 0 Å². The number of nitrogens with zero attached hydrogens (tertiary/aromatic N) is 1. The zero-order chi connectivity index (χ0) is 44.9. The quantitative estimate of drug-likeness (QED) is 0.111. The number of primary amides is 1. The van der Waals surface area contributed by atoms with Crippen molar-refractivity contribution in [3.05, 3.63) is 71.9 Å². The van der Waals surface area contributed by atoms with E-state index < -0.39 is 90.2 Å². The third-order valence-electron chi connectivity index (χ3n) is 12.2. The number of carbonyl (C=O) groups is 8. The summed E-state index contributed by atoms with van der Waals surface area (Å²) in [5.41, 5.74) is 7.59. The van der Waals surface area contributed by atoms with E-state index in [1.54, 1.807) is 30.5 Å². The molecule has 1 saturated carbocycles. The molecule has 18 heteroatoms. The van der Waals surface area contributed by atoms with Crippen LogP contribution in [0.25, 0.3) is 10.9 Å². The normalized spacial score (nSPS) is 23.4. The van der Waals surface area contributed by atoms with Crippen LogP contribution in [-0.4, -0.2) is 113 Å². The fraction of sp³-hybridized carbons (Fsp3) is 0.511. The summed E-state index contributed by atoms with van der Waals surface area (Å²) >= 11 is 0. The predicted molar refractivity (Wildman–Crippen MR) is 233 cm³/mol. The molecule has 3 heterocycles. The first-order chi connectivity index (χ1) is 30.4. The zero-order valence-corrected chi connectivity index (χ0v) is 35.7. The Morgan fingerprint density at radius 2 is 1.51 bits per heavy atom. The Morgan fingerprint density at radius 1 is 0.810 bits per heavy atom. The summed E-state index contributed by atoms with van der Waals surface area (Å²) in [5.74, 6) is -4.16. The minimum absolute atomic E-state index is 0.0207. The van der Waals surface area contributed by atoms with Crippen LogP contribution in [0.4, 0.5) is 4.79 Å². The van der Waals surface area contributed by atoms with Crippen LogP contribution >= 0.6 is 0 Å². The second-order valence-electron chi connectivity index (χ2n) is 16.9. The summed E-state index contributed by atoms with van der Waals surface area (Å²) in [6.07, 6.45) is 8.02. The van der Waals surface area contributed by atoms with Gasteiger partial charge < -0.3 is 52.8 Å². The molecule has 18 nitrogen and oxygen atoms in total. The van der Waals surface area contributed by atoms with E-state index in [2.05, 4.69) is 42.2 Å². The highest BCUT2D eigenvalue weighted by Crippen LogP contribution is 2.28. The summed E-state index contributed by atoms with van der Waals surface area (Å²) < 4.78 is 0. The number of amides is 9. The van der Waals surface area contributed by atoms with E-state index in [1.165, 1.54) is 11.8 Å². The highest BCUT2D eigenvalue weighted by atomic mass is 16.2. The van der Waals surface area contributed by atoms with Crippen LogP contribution in [0.15, 0.2) is 60.8 Å². The number of nitrogens with one attached hydrogen (secondary N) is 8. The van der Waals surface area contributed by atoms with E-state index >= 15 is 0 Å². The number of hydrogen-bond donors (Lipinski definition) is 9. The lowest BCUT2D eigenvalue weighted by atomic mass is 9.84. The van der Waals surface area contributed by atoms with Crippen LogP contribution in [0, 0.1) is 5.92 Å². The molecule has 3 fully saturated rings. The van der Waals surface area contributed by atoms with Gasteiger partial charge in [-0.2, -0.15) is 0 Å². The van der Waals surface area contributed by atoms with E-state index in [4.69, 9.17) is 5.73 Å². The van der Waals surface area contributed by atoms with Crippen molar-refractivity contribution < 1.29 is 38.4 Å². The van der Waals surface area contributed by atoms with E-state index in [-0.39, 0.29) is 51.1 Å². The van der Waals surface area contributed by atoms with Gasteiger partial charge in [-0.25, -0.2) is 4.79 Å². The highest BCUT2D eigenvalue weighted by molar-refractivity contribution is 5.98. The van der Waals surface area contributed by atoms with Gasteiger partial charge in [0.25, 0.3) is 0 Å². The molecule has 1 aliphatic carbocycles. The molecular weight excluding hydrogens is 809 g/mol. The maximum absolute atomic E-state index is 14.6. The second kappa shape index (κ2) is 22.1. The van der Waals surface area contributed by atoms with Gasteiger partial charge in [-0.3, -0.25) is 33.6 Å². The standard InChI is InChI=1S/C45H60N10O8/c1-27(56)50-34(22-28-12-4-2-5-13-28)40(58)54-37-26-49-39(57)33(18-10-20-47-45(46)63)51-42(60)36(24-30-25-48-32-17-9-8-16-31(30)32)52-41(59)35(23-29-14-6-3-7-15-29)53-43(61)38-19-11-21-55(38)44(37)62/h2,4-5,8-9,12-13,16-17,25,29,33-38,48H,3,6-7,10-11,14-15,18-24,26H2,1H3,(H,49,57)(H,50,56)(H,51,60)(H,52,59)(H,53,61)(H,54,58)(H3,46,47,63)/t33-,34-,35+,36-,37?,38?/m0/s1. The molecule has 0 radical (unpaired) electrons. The summed E-state index contributed by atoms with van der Waals surface area (Å²) in [4.78, 5) is 114. The Labute approximate surface area is 366 Å². The molecular formula is C45H60N10O8. The fourth-order valence-corrected chi connectivity index (χ4v) is 8.92. The number of para-hydroxylation sites is 1. The van der Waals surface area contributed by atoms with Crippen molar-refractivity contribution in [3.63, 3.8) is 0 Å². The first kappa shape index (κ1) is 46.1. The van der Waals surface area contributed by atoms with Crippen molar-refractivity contribution in [1.82, 2.24) is 47.1 Å². The van der Waals surface area contributed by atoms with Crippen molar-refractivity contribution in [2.75, 3.05) is 19.6 Å². The van der Waals surface area contributed by atoms with Gasteiger partial charge in [-0.1, -0.05) is 80.6 Å². The maximum atomic E-state index is 14.6. The monoisotopic (exact) mass is 868 g/mol. The van der Waals surface area contributed by atoms with Crippen LogP contribution in [0.1, 0.15) is 82.3 Å². The number of aromatic nitrogens is 1. The lowest BCUT2D eigenvalue weighted by Crippen LogP contribution is -2.62. The van der Waals surface area contributed by atoms with E-state index in [0.29, 0.717) is 12.8 Å². The zero-order valence-electron chi connectivity index (χ0n) is 35.7. The van der Waals surface area contributed by atoms with Gasteiger partial charge in [-0.05, 0) is 55.2 Å². The Morgan fingerprint density at radius 3 is 2.25 bits per heavy atom. The first-order valence-electron chi connectivity index (χ1n) is 22.0. The third-order valence-corrected chi connectivity index (χ3v) is 12.2. The van der Waals surface area contributed by atoms with Crippen molar-refractivity contribution >= 4 is 58.3 Å². The van der Waals surface area contributed by atoms with Crippen molar-refractivity contribution in [2.45, 2.75) is 120 Å². The average molecular weight is 869 g/mol. The van der Waals surface area contributed by atoms with Gasteiger partial charge >= 0.3 is 6.03 Å². The molecule has 0 bridgehead atoms. The minimum atomic E-state index is -1.40. The molecule has 9 amide bonds.